The molecule has 0 radical (unpaired) electrons. The summed E-state index contributed by atoms with van der Waals surface area (Å²) in [5.41, 5.74) is 1.97. The lowest BCUT2D eigenvalue weighted by molar-refractivity contribution is -0.907. The summed E-state index contributed by atoms with van der Waals surface area (Å²) >= 11 is 0. The maximum atomic E-state index is 11.8. The van der Waals surface area contributed by atoms with Gasteiger partial charge in [0.15, 0.2) is 11.5 Å². The van der Waals surface area contributed by atoms with Gasteiger partial charge in [-0.1, -0.05) is 0 Å². The standard InChI is InChI=1S/C21H23NO5/c1-4-26-18-8-5-14(9-20(18)25-3)12-22(2)13-15-10-21(24)27-19-11-16(23)6-7-17(15)19/h5-11,23H,4,12-13H2,1-3H3/p+1. The number of aromatic hydroxyl groups is 1. The molecule has 27 heavy (non-hydrogen) atoms. The van der Waals surface area contributed by atoms with Crippen LogP contribution < -0.4 is 20.0 Å². The van der Waals surface area contributed by atoms with Crippen molar-refractivity contribution < 1.29 is 23.9 Å². The van der Waals surface area contributed by atoms with Crippen LogP contribution in [0, 0.1) is 0 Å². The Balaban J connectivity index is 1.81. The van der Waals surface area contributed by atoms with Crippen molar-refractivity contribution in [3.8, 4) is 17.2 Å². The maximum absolute atomic E-state index is 11.8. The topological polar surface area (TPSA) is 73.3 Å². The number of methoxy groups -OCH3 is 1. The van der Waals surface area contributed by atoms with Crippen LogP contribution in [0.2, 0.25) is 0 Å². The van der Waals surface area contributed by atoms with Crippen LogP contribution in [0.15, 0.2) is 51.7 Å². The molecule has 0 amide bonds. The van der Waals surface area contributed by atoms with E-state index in [1.54, 1.807) is 19.2 Å². The number of rotatable bonds is 7. The second-order valence-corrected chi connectivity index (χ2v) is 6.50. The Morgan fingerprint density at radius 3 is 2.63 bits per heavy atom. The van der Waals surface area contributed by atoms with Gasteiger partial charge in [-0.3, -0.25) is 0 Å². The molecule has 1 atom stereocenters. The highest BCUT2D eigenvalue weighted by molar-refractivity contribution is 5.81. The van der Waals surface area contributed by atoms with Gasteiger partial charge in [-0.25, -0.2) is 4.79 Å². The number of hydrogen-bond acceptors (Lipinski definition) is 5. The smallest absolute Gasteiger partial charge is 0.336 e. The van der Waals surface area contributed by atoms with Gasteiger partial charge in [0.05, 0.1) is 20.8 Å². The number of quaternary nitrogens is 1. The predicted molar refractivity (Wildman–Crippen MR) is 103 cm³/mol. The van der Waals surface area contributed by atoms with Crippen molar-refractivity contribution >= 4 is 11.0 Å². The van der Waals surface area contributed by atoms with Crippen molar-refractivity contribution in [3.05, 3.63) is 64.0 Å². The predicted octanol–water partition coefficient (Wildman–Crippen LogP) is 2.12. The number of phenolic OH excluding ortho intramolecular Hbond substituents is 1. The van der Waals surface area contributed by atoms with Crippen LogP contribution in [0.4, 0.5) is 0 Å². The van der Waals surface area contributed by atoms with E-state index in [-0.39, 0.29) is 5.75 Å². The molecule has 0 aliphatic rings. The molecule has 0 bridgehead atoms. The van der Waals surface area contributed by atoms with Gasteiger partial charge in [0.2, 0.25) is 0 Å². The first-order chi connectivity index (χ1) is 13.0. The summed E-state index contributed by atoms with van der Waals surface area (Å²) in [6.45, 7) is 3.91. The van der Waals surface area contributed by atoms with Gasteiger partial charge < -0.3 is 23.9 Å². The van der Waals surface area contributed by atoms with Crippen molar-refractivity contribution in [2.45, 2.75) is 20.0 Å². The third-order valence-corrected chi connectivity index (χ3v) is 4.34. The number of fused-ring (bicyclic) bond motifs is 1. The molecule has 0 saturated carbocycles. The fourth-order valence-electron chi connectivity index (χ4n) is 3.20. The maximum Gasteiger partial charge on any atom is 0.336 e. The summed E-state index contributed by atoms with van der Waals surface area (Å²) < 4.78 is 16.2. The Morgan fingerprint density at radius 2 is 1.89 bits per heavy atom. The fraction of sp³-hybridized carbons (Fsp3) is 0.286. The highest BCUT2D eigenvalue weighted by Gasteiger charge is 2.13. The van der Waals surface area contributed by atoms with E-state index in [2.05, 4.69) is 7.05 Å². The average molecular weight is 370 g/mol. The van der Waals surface area contributed by atoms with E-state index >= 15 is 0 Å². The minimum Gasteiger partial charge on any atom is -0.508 e. The van der Waals surface area contributed by atoms with Crippen LogP contribution in [0.3, 0.4) is 0 Å². The van der Waals surface area contributed by atoms with Gasteiger partial charge in [-0.05, 0) is 37.3 Å². The Labute approximate surface area is 157 Å². The molecule has 3 rings (SSSR count). The van der Waals surface area contributed by atoms with Gasteiger partial charge in [-0.15, -0.1) is 0 Å². The minimum atomic E-state index is -0.418. The number of nitrogens with one attached hydrogen (secondary N) is 1. The van der Waals surface area contributed by atoms with E-state index in [0.717, 1.165) is 28.8 Å². The highest BCUT2D eigenvalue weighted by Crippen LogP contribution is 2.27. The number of ether oxygens (including phenoxy) is 2. The van der Waals surface area contributed by atoms with Crippen LogP contribution >= 0.6 is 0 Å². The summed E-state index contributed by atoms with van der Waals surface area (Å²) in [6, 6.07) is 12.3. The second kappa shape index (κ2) is 8.14. The molecule has 0 aliphatic heterocycles. The average Bonchev–Trinajstić information content (AvgIpc) is 2.62. The zero-order valence-electron chi connectivity index (χ0n) is 15.7. The molecule has 1 aromatic heterocycles. The third-order valence-electron chi connectivity index (χ3n) is 4.34. The molecule has 2 aromatic carbocycles. The van der Waals surface area contributed by atoms with Crippen molar-refractivity contribution in [3.63, 3.8) is 0 Å². The van der Waals surface area contributed by atoms with E-state index in [1.165, 1.54) is 17.0 Å². The second-order valence-electron chi connectivity index (χ2n) is 6.50. The van der Waals surface area contributed by atoms with Crippen LogP contribution in [-0.2, 0) is 13.1 Å². The van der Waals surface area contributed by atoms with E-state index in [0.29, 0.717) is 24.5 Å². The van der Waals surface area contributed by atoms with E-state index in [1.807, 2.05) is 25.1 Å². The van der Waals surface area contributed by atoms with Gasteiger partial charge in [0.25, 0.3) is 0 Å². The van der Waals surface area contributed by atoms with Crippen molar-refractivity contribution in [1.29, 1.82) is 0 Å². The fourth-order valence-corrected chi connectivity index (χ4v) is 3.20. The van der Waals surface area contributed by atoms with E-state index < -0.39 is 5.63 Å². The summed E-state index contributed by atoms with van der Waals surface area (Å²) in [6.07, 6.45) is 0. The normalized spacial score (nSPS) is 12.1. The van der Waals surface area contributed by atoms with Crippen LogP contribution in [0.5, 0.6) is 17.2 Å². The first-order valence-corrected chi connectivity index (χ1v) is 8.87. The molecule has 0 spiro atoms. The molecule has 0 aliphatic carbocycles. The molecule has 0 saturated heterocycles. The van der Waals surface area contributed by atoms with E-state index in [4.69, 9.17) is 13.9 Å². The Bertz CT molecular complexity index is 996. The molecule has 1 unspecified atom stereocenters. The lowest BCUT2D eigenvalue weighted by atomic mass is 10.1. The third kappa shape index (κ3) is 4.41. The summed E-state index contributed by atoms with van der Waals surface area (Å²) in [7, 11) is 3.69. The Hall–Kier alpha value is -2.99. The van der Waals surface area contributed by atoms with Crippen molar-refractivity contribution in [2.24, 2.45) is 0 Å². The van der Waals surface area contributed by atoms with Crippen molar-refractivity contribution in [2.75, 3.05) is 20.8 Å². The molecular weight excluding hydrogens is 346 g/mol. The Kier molecular flexibility index (Phi) is 5.66. The highest BCUT2D eigenvalue weighted by atomic mass is 16.5. The molecular formula is C21H24NO5+. The zero-order chi connectivity index (χ0) is 19.4. The molecule has 1 heterocycles. The summed E-state index contributed by atoms with van der Waals surface area (Å²) in [5.74, 6) is 1.52. The van der Waals surface area contributed by atoms with Crippen LogP contribution in [0.25, 0.3) is 11.0 Å². The van der Waals surface area contributed by atoms with Crippen molar-refractivity contribution in [1.82, 2.24) is 0 Å². The van der Waals surface area contributed by atoms with Crippen LogP contribution in [-0.4, -0.2) is 25.9 Å². The number of hydrogen-bond donors (Lipinski definition) is 2. The monoisotopic (exact) mass is 370 g/mol. The lowest BCUT2D eigenvalue weighted by Crippen LogP contribution is -3.06. The number of benzene rings is 2. The van der Waals surface area contributed by atoms with E-state index in [9.17, 15) is 9.90 Å². The van der Waals surface area contributed by atoms with Gasteiger partial charge in [-0.2, -0.15) is 0 Å². The molecule has 0 fully saturated rings. The SMILES string of the molecule is CCOc1ccc(C[NH+](C)Cc2cc(=O)oc3cc(O)ccc23)cc1OC. The molecule has 3 aromatic rings. The molecule has 142 valence electrons. The molecule has 6 nitrogen and oxygen atoms in total. The number of phenols is 1. The van der Waals surface area contributed by atoms with Gasteiger partial charge in [0.1, 0.15) is 24.4 Å². The minimum absolute atomic E-state index is 0.0741. The molecule has 6 heteroatoms. The first kappa shape index (κ1) is 18.8. The van der Waals surface area contributed by atoms with Crippen LogP contribution in [0.1, 0.15) is 18.1 Å². The first-order valence-electron chi connectivity index (χ1n) is 8.87. The van der Waals surface area contributed by atoms with Gasteiger partial charge in [0, 0.05) is 28.6 Å². The Morgan fingerprint density at radius 1 is 1.07 bits per heavy atom. The quantitative estimate of drug-likeness (QED) is 0.624. The van der Waals surface area contributed by atoms with Gasteiger partial charge >= 0.3 is 5.63 Å². The molecule has 2 N–H and O–H groups in total. The summed E-state index contributed by atoms with van der Waals surface area (Å²) in [4.78, 5) is 13.0. The lowest BCUT2D eigenvalue weighted by Gasteiger charge is -2.16. The summed E-state index contributed by atoms with van der Waals surface area (Å²) in [5, 5.41) is 10.4. The zero-order valence-corrected chi connectivity index (χ0v) is 15.7. The largest absolute Gasteiger partial charge is 0.508 e.